The molecule has 7 nitrogen and oxygen atoms in total. The highest BCUT2D eigenvalue weighted by Crippen LogP contribution is 2.22. The van der Waals surface area contributed by atoms with Crippen molar-refractivity contribution < 1.29 is 17.9 Å². The van der Waals surface area contributed by atoms with Crippen molar-refractivity contribution in [3.05, 3.63) is 23.8 Å². The first-order valence-electron chi connectivity index (χ1n) is 6.52. The molecule has 0 saturated carbocycles. The van der Waals surface area contributed by atoms with E-state index < -0.39 is 10.0 Å². The molecule has 1 amide bonds. The number of likely N-dealkylation sites (N-methyl/N-ethyl adjacent to an activating group) is 1. The number of primary sulfonamides is 1. The average Bonchev–Trinajstić information content (AvgIpc) is 2.88. The number of carbonyl (C=O) groups is 1. The summed E-state index contributed by atoms with van der Waals surface area (Å²) in [5.41, 5.74) is 1.20. The quantitative estimate of drug-likeness (QED) is 0.714. The van der Waals surface area contributed by atoms with Crippen LogP contribution in [0, 0.1) is 12.8 Å². The standard InChI is InChI=1S/C13H19N3O4S/c1-8-3-4-9(21(14,18)19)5-11(8)16-13(17)10-6-20-7-12(10)15-2/h3-5,10,12,15H,6-7H2,1-2H3,(H,16,17)(H2,14,18,19). The van der Waals surface area contributed by atoms with Crippen LogP contribution in [-0.4, -0.2) is 40.6 Å². The first-order chi connectivity index (χ1) is 9.82. The van der Waals surface area contributed by atoms with Gasteiger partial charge in [0.05, 0.1) is 24.0 Å². The zero-order valence-corrected chi connectivity index (χ0v) is 12.7. The lowest BCUT2D eigenvalue weighted by atomic mass is 10.0. The van der Waals surface area contributed by atoms with Gasteiger partial charge in [-0.3, -0.25) is 4.79 Å². The molecule has 1 aromatic rings. The van der Waals surface area contributed by atoms with Crippen molar-refractivity contribution in [1.29, 1.82) is 0 Å². The van der Waals surface area contributed by atoms with Crippen molar-refractivity contribution in [2.45, 2.75) is 17.9 Å². The molecular formula is C13H19N3O4S. The molecule has 0 aliphatic carbocycles. The molecule has 21 heavy (non-hydrogen) atoms. The lowest BCUT2D eigenvalue weighted by Gasteiger charge is -2.17. The van der Waals surface area contributed by atoms with Gasteiger partial charge in [-0.2, -0.15) is 0 Å². The molecule has 0 bridgehead atoms. The molecule has 2 unspecified atom stereocenters. The molecule has 1 aliphatic rings. The number of anilines is 1. The summed E-state index contributed by atoms with van der Waals surface area (Å²) >= 11 is 0. The number of carbonyl (C=O) groups excluding carboxylic acids is 1. The van der Waals surface area contributed by atoms with E-state index in [4.69, 9.17) is 9.88 Å². The smallest absolute Gasteiger partial charge is 0.238 e. The van der Waals surface area contributed by atoms with Gasteiger partial charge >= 0.3 is 0 Å². The Labute approximate surface area is 123 Å². The Morgan fingerprint density at radius 2 is 2.10 bits per heavy atom. The summed E-state index contributed by atoms with van der Waals surface area (Å²) in [6, 6.07) is 4.34. The van der Waals surface area contributed by atoms with Crippen LogP contribution in [0.2, 0.25) is 0 Å². The van der Waals surface area contributed by atoms with E-state index in [2.05, 4.69) is 10.6 Å². The van der Waals surface area contributed by atoms with E-state index in [0.29, 0.717) is 18.9 Å². The van der Waals surface area contributed by atoms with Crippen LogP contribution in [0.3, 0.4) is 0 Å². The molecule has 1 fully saturated rings. The Bertz CT molecular complexity index is 645. The molecule has 2 atom stereocenters. The van der Waals surface area contributed by atoms with Crippen molar-refractivity contribution in [3.63, 3.8) is 0 Å². The molecule has 116 valence electrons. The van der Waals surface area contributed by atoms with Gasteiger partial charge in [-0.1, -0.05) is 6.07 Å². The molecule has 4 N–H and O–H groups in total. The number of sulfonamides is 1. The fraction of sp³-hybridized carbons (Fsp3) is 0.462. The second kappa shape index (κ2) is 6.10. The largest absolute Gasteiger partial charge is 0.379 e. The molecule has 0 radical (unpaired) electrons. The highest BCUT2D eigenvalue weighted by atomic mass is 32.2. The minimum atomic E-state index is -3.80. The molecule has 0 aromatic heterocycles. The van der Waals surface area contributed by atoms with E-state index in [0.717, 1.165) is 5.56 Å². The van der Waals surface area contributed by atoms with Crippen LogP contribution >= 0.6 is 0 Å². The van der Waals surface area contributed by atoms with Gasteiger partial charge in [0.15, 0.2) is 0 Å². The molecule has 2 rings (SSSR count). The predicted octanol–water partition coefficient (Wildman–Crippen LogP) is -0.185. The maximum atomic E-state index is 12.3. The topological polar surface area (TPSA) is 111 Å². The lowest BCUT2D eigenvalue weighted by molar-refractivity contribution is -0.120. The maximum absolute atomic E-state index is 12.3. The summed E-state index contributed by atoms with van der Waals surface area (Å²) in [6.07, 6.45) is 0. The SMILES string of the molecule is CNC1COCC1C(=O)Nc1cc(S(N)(=O)=O)ccc1C. The molecule has 0 spiro atoms. The number of benzene rings is 1. The van der Waals surface area contributed by atoms with Crippen LogP contribution in [0.15, 0.2) is 23.1 Å². The monoisotopic (exact) mass is 313 g/mol. The molecule has 1 aliphatic heterocycles. The first kappa shape index (κ1) is 15.9. The Morgan fingerprint density at radius 1 is 1.38 bits per heavy atom. The molecule has 8 heteroatoms. The highest BCUT2D eigenvalue weighted by Gasteiger charge is 2.33. The van der Waals surface area contributed by atoms with Crippen molar-refractivity contribution in [3.8, 4) is 0 Å². The molecular weight excluding hydrogens is 294 g/mol. The van der Waals surface area contributed by atoms with Crippen molar-refractivity contribution in [2.75, 3.05) is 25.6 Å². The number of nitrogens with two attached hydrogens (primary N) is 1. The first-order valence-corrected chi connectivity index (χ1v) is 8.07. The normalized spacial score (nSPS) is 22.2. The van der Waals surface area contributed by atoms with Crippen molar-refractivity contribution in [2.24, 2.45) is 11.1 Å². The summed E-state index contributed by atoms with van der Waals surface area (Å²) in [6.45, 7) is 2.60. The summed E-state index contributed by atoms with van der Waals surface area (Å²) in [5.74, 6) is -0.519. The minimum Gasteiger partial charge on any atom is -0.379 e. The average molecular weight is 313 g/mol. The van der Waals surface area contributed by atoms with Gasteiger partial charge in [-0.05, 0) is 31.7 Å². The third kappa shape index (κ3) is 3.59. The zero-order chi connectivity index (χ0) is 15.6. The summed E-state index contributed by atoms with van der Waals surface area (Å²) < 4.78 is 28.0. The molecule has 1 aromatic carbocycles. The Kier molecular flexibility index (Phi) is 4.62. The second-order valence-electron chi connectivity index (χ2n) is 5.05. The van der Waals surface area contributed by atoms with Crippen molar-refractivity contribution in [1.82, 2.24) is 5.32 Å². The summed E-state index contributed by atoms with van der Waals surface area (Å²) in [4.78, 5) is 12.3. The summed E-state index contributed by atoms with van der Waals surface area (Å²) in [7, 11) is -2.03. The number of amides is 1. The number of hydrogen-bond donors (Lipinski definition) is 3. The highest BCUT2D eigenvalue weighted by molar-refractivity contribution is 7.89. The van der Waals surface area contributed by atoms with Crippen LogP contribution < -0.4 is 15.8 Å². The Hall–Kier alpha value is -1.48. The molecule has 1 saturated heterocycles. The van der Waals surface area contributed by atoms with E-state index in [1.165, 1.54) is 12.1 Å². The van der Waals surface area contributed by atoms with Gasteiger partial charge in [0, 0.05) is 11.7 Å². The van der Waals surface area contributed by atoms with Crippen LogP contribution in [0.4, 0.5) is 5.69 Å². The molecule has 1 heterocycles. The number of rotatable bonds is 4. The van der Waals surface area contributed by atoms with E-state index in [9.17, 15) is 13.2 Å². The second-order valence-corrected chi connectivity index (χ2v) is 6.61. The third-order valence-electron chi connectivity index (χ3n) is 3.58. The fourth-order valence-electron chi connectivity index (χ4n) is 2.24. The van der Waals surface area contributed by atoms with Gasteiger partial charge in [-0.25, -0.2) is 13.6 Å². The van der Waals surface area contributed by atoms with Gasteiger partial charge in [0.25, 0.3) is 0 Å². The van der Waals surface area contributed by atoms with Gasteiger partial charge in [0.2, 0.25) is 15.9 Å². The number of hydrogen-bond acceptors (Lipinski definition) is 5. The number of ether oxygens (including phenoxy) is 1. The maximum Gasteiger partial charge on any atom is 0.238 e. The Balaban J connectivity index is 2.21. The van der Waals surface area contributed by atoms with Crippen LogP contribution in [0.1, 0.15) is 5.56 Å². The van der Waals surface area contributed by atoms with Gasteiger partial charge in [0.1, 0.15) is 0 Å². The summed E-state index contributed by atoms with van der Waals surface area (Å²) in [5, 5.41) is 10.9. The third-order valence-corrected chi connectivity index (χ3v) is 4.49. The van der Waals surface area contributed by atoms with E-state index in [1.807, 2.05) is 0 Å². The lowest BCUT2D eigenvalue weighted by Crippen LogP contribution is -2.39. The van der Waals surface area contributed by atoms with Crippen LogP contribution in [0.25, 0.3) is 0 Å². The van der Waals surface area contributed by atoms with E-state index >= 15 is 0 Å². The van der Waals surface area contributed by atoms with Gasteiger partial charge in [-0.15, -0.1) is 0 Å². The van der Waals surface area contributed by atoms with Gasteiger partial charge < -0.3 is 15.4 Å². The van der Waals surface area contributed by atoms with Crippen LogP contribution in [-0.2, 0) is 19.6 Å². The number of aryl methyl sites for hydroxylation is 1. The number of nitrogens with one attached hydrogen (secondary N) is 2. The van der Waals surface area contributed by atoms with Crippen molar-refractivity contribution >= 4 is 21.6 Å². The van der Waals surface area contributed by atoms with E-state index in [1.54, 1.807) is 20.0 Å². The fourth-order valence-corrected chi connectivity index (χ4v) is 2.78. The van der Waals surface area contributed by atoms with Crippen LogP contribution in [0.5, 0.6) is 0 Å². The zero-order valence-electron chi connectivity index (χ0n) is 11.9. The minimum absolute atomic E-state index is 0.0313. The predicted molar refractivity (Wildman–Crippen MR) is 78.3 cm³/mol. The van der Waals surface area contributed by atoms with E-state index in [-0.39, 0.29) is 22.8 Å². The Morgan fingerprint density at radius 3 is 2.71 bits per heavy atom.